The number of hydrogen-bond acceptors (Lipinski definition) is 5. The standard InChI is InChI=1S/C19H26N4O3/c1-24-16-12-17(25-2)14-18(13-16)26-11-5-9-22-19(20)23-10-7-15-6-3-4-8-21-15/h3-4,6,8,12-14H,5,7,9-11H2,1-2H3,(H3,20,22,23). The first-order valence-electron chi connectivity index (χ1n) is 8.51. The smallest absolute Gasteiger partial charge is 0.188 e. The van der Waals surface area contributed by atoms with Gasteiger partial charge >= 0.3 is 0 Å². The molecule has 3 N–H and O–H groups in total. The van der Waals surface area contributed by atoms with Crippen LogP contribution in [0.25, 0.3) is 0 Å². The van der Waals surface area contributed by atoms with Crippen molar-refractivity contribution in [3.05, 3.63) is 48.3 Å². The Morgan fingerprint density at radius 3 is 2.50 bits per heavy atom. The number of pyridine rings is 1. The van der Waals surface area contributed by atoms with Crippen LogP contribution in [0.4, 0.5) is 0 Å². The fourth-order valence-corrected chi connectivity index (χ4v) is 2.24. The molecule has 0 spiro atoms. The van der Waals surface area contributed by atoms with Gasteiger partial charge in [0.15, 0.2) is 5.96 Å². The third-order valence-corrected chi connectivity index (χ3v) is 3.59. The molecule has 0 aliphatic rings. The molecule has 1 aromatic heterocycles. The van der Waals surface area contributed by atoms with Gasteiger partial charge in [-0.05, 0) is 12.1 Å². The Balaban J connectivity index is 1.65. The van der Waals surface area contributed by atoms with E-state index in [4.69, 9.17) is 19.9 Å². The van der Waals surface area contributed by atoms with Crippen LogP contribution in [0.3, 0.4) is 0 Å². The van der Waals surface area contributed by atoms with Gasteiger partial charge in [-0.2, -0.15) is 0 Å². The fraction of sp³-hybridized carbons (Fsp3) is 0.368. The molecule has 7 heteroatoms. The average Bonchev–Trinajstić information content (AvgIpc) is 2.68. The molecule has 1 heterocycles. The van der Waals surface area contributed by atoms with Crippen LogP contribution in [0, 0.1) is 0 Å². The zero-order valence-electron chi connectivity index (χ0n) is 15.3. The number of nitrogens with zero attached hydrogens (tertiary/aromatic N) is 2. The van der Waals surface area contributed by atoms with Crippen LogP contribution < -0.4 is 25.3 Å². The van der Waals surface area contributed by atoms with E-state index in [1.54, 1.807) is 26.5 Å². The second-order valence-corrected chi connectivity index (χ2v) is 5.52. The number of guanidine groups is 1. The van der Waals surface area contributed by atoms with Crippen molar-refractivity contribution in [3.8, 4) is 17.2 Å². The molecule has 0 radical (unpaired) electrons. The highest BCUT2D eigenvalue weighted by Crippen LogP contribution is 2.27. The van der Waals surface area contributed by atoms with Crippen molar-refractivity contribution in [1.29, 1.82) is 0 Å². The number of ether oxygens (including phenoxy) is 3. The van der Waals surface area contributed by atoms with E-state index in [9.17, 15) is 0 Å². The van der Waals surface area contributed by atoms with Crippen molar-refractivity contribution < 1.29 is 14.2 Å². The Labute approximate surface area is 154 Å². The van der Waals surface area contributed by atoms with E-state index in [-0.39, 0.29) is 0 Å². The molecule has 0 aliphatic carbocycles. The number of nitrogens with two attached hydrogens (primary N) is 1. The maximum atomic E-state index is 5.85. The van der Waals surface area contributed by atoms with Crippen LogP contribution in [0.15, 0.2) is 47.6 Å². The molecular formula is C19H26N4O3. The van der Waals surface area contributed by atoms with E-state index in [1.807, 2.05) is 30.3 Å². The largest absolute Gasteiger partial charge is 0.496 e. The molecule has 2 rings (SSSR count). The van der Waals surface area contributed by atoms with Crippen molar-refractivity contribution in [2.24, 2.45) is 10.7 Å². The molecule has 0 saturated carbocycles. The number of methoxy groups -OCH3 is 2. The number of hydrogen-bond donors (Lipinski definition) is 2. The van der Waals surface area contributed by atoms with Crippen molar-refractivity contribution >= 4 is 5.96 Å². The van der Waals surface area contributed by atoms with Gasteiger partial charge in [-0.3, -0.25) is 9.98 Å². The topological polar surface area (TPSA) is 91.0 Å². The van der Waals surface area contributed by atoms with Gasteiger partial charge in [0, 0.05) is 56.0 Å². The first-order valence-corrected chi connectivity index (χ1v) is 8.51. The highest BCUT2D eigenvalue weighted by molar-refractivity contribution is 5.77. The minimum absolute atomic E-state index is 0.434. The van der Waals surface area contributed by atoms with Crippen LogP contribution in [-0.2, 0) is 6.42 Å². The van der Waals surface area contributed by atoms with E-state index in [1.165, 1.54) is 0 Å². The number of aliphatic imine (C=N–C) groups is 1. The van der Waals surface area contributed by atoms with Gasteiger partial charge in [0.1, 0.15) is 17.2 Å². The zero-order chi connectivity index (χ0) is 18.6. The summed E-state index contributed by atoms with van der Waals surface area (Å²) in [5.41, 5.74) is 6.87. The lowest BCUT2D eigenvalue weighted by Gasteiger charge is -2.10. The molecule has 0 fully saturated rings. The minimum Gasteiger partial charge on any atom is -0.496 e. The molecule has 26 heavy (non-hydrogen) atoms. The first kappa shape index (κ1) is 19.4. The quantitative estimate of drug-likeness (QED) is 0.384. The van der Waals surface area contributed by atoms with Crippen LogP contribution in [0.1, 0.15) is 12.1 Å². The minimum atomic E-state index is 0.434. The summed E-state index contributed by atoms with van der Waals surface area (Å²) in [4.78, 5) is 8.55. The summed E-state index contributed by atoms with van der Waals surface area (Å²) < 4.78 is 16.1. The Morgan fingerprint density at radius 1 is 1.12 bits per heavy atom. The Bertz CT molecular complexity index is 670. The lowest BCUT2D eigenvalue weighted by Crippen LogP contribution is -2.33. The molecule has 0 saturated heterocycles. The van der Waals surface area contributed by atoms with E-state index in [0.29, 0.717) is 42.9 Å². The van der Waals surface area contributed by atoms with E-state index >= 15 is 0 Å². The average molecular weight is 358 g/mol. The molecular weight excluding hydrogens is 332 g/mol. The predicted octanol–water partition coefficient (Wildman–Crippen LogP) is 2.01. The fourth-order valence-electron chi connectivity index (χ4n) is 2.24. The first-order chi connectivity index (χ1) is 12.7. The molecule has 1 aromatic carbocycles. The summed E-state index contributed by atoms with van der Waals surface area (Å²) in [5, 5.41) is 3.08. The Kier molecular flexibility index (Phi) is 8.05. The molecule has 140 valence electrons. The summed E-state index contributed by atoms with van der Waals surface area (Å²) in [7, 11) is 3.22. The molecule has 2 aromatic rings. The summed E-state index contributed by atoms with van der Waals surface area (Å²) in [6.45, 7) is 1.82. The maximum absolute atomic E-state index is 5.85. The van der Waals surface area contributed by atoms with Crippen LogP contribution in [-0.4, -0.2) is 44.9 Å². The Morgan fingerprint density at radius 2 is 1.85 bits per heavy atom. The Hall–Kier alpha value is -2.96. The highest BCUT2D eigenvalue weighted by atomic mass is 16.5. The van der Waals surface area contributed by atoms with Gasteiger partial charge in [-0.25, -0.2) is 0 Å². The summed E-state index contributed by atoms with van der Waals surface area (Å²) >= 11 is 0. The molecule has 0 atom stereocenters. The molecule has 0 amide bonds. The number of benzene rings is 1. The highest BCUT2D eigenvalue weighted by Gasteiger charge is 2.02. The van der Waals surface area contributed by atoms with Crippen molar-refractivity contribution in [2.45, 2.75) is 12.8 Å². The van der Waals surface area contributed by atoms with Crippen molar-refractivity contribution in [2.75, 3.05) is 33.9 Å². The van der Waals surface area contributed by atoms with Gasteiger partial charge in [0.2, 0.25) is 0 Å². The number of aromatic nitrogens is 1. The van der Waals surface area contributed by atoms with Gasteiger partial charge < -0.3 is 25.3 Å². The predicted molar refractivity (Wildman–Crippen MR) is 102 cm³/mol. The summed E-state index contributed by atoms with van der Waals surface area (Å²) in [6.07, 6.45) is 3.34. The second kappa shape index (κ2) is 10.8. The van der Waals surface area contributed by atoms with Gasteiger partial charge in [0.05, 0.1) is 20.8 Å². The van der Waals surface area contributed by atoms with E-state index < -0.39 is 0 Å². The third-order valence-electron chi connectivity index (χ3n) is 3.59. The molecule has 7 nitrogen and oxygen atoms in total. The van der Waals surface area contributed by atoms with Gasteiger partial charge in [0.25, 0.3) is 0 Å². The third kappa shape index (κ3) is 6.88. The SMILES string of the molecule is COc1cc(OC)cc(OCCCN=C(N)NCCc2ccccn2)c1. The lowest BCUT2D eigenvalue weighted by atomic mass is 10.3. The second-order valence-electron chi connectivity index (χ2n) is 5.52. The van der Waals surface area contributed by atoms with Crippen molar-refractivity contribution in [3.63, 3.8) is 0 Å². The maximum Gasteiger partial charge on any atom is 0.188 e. The summed E-state index contributed by atoms with van der Waals surface area (Å²) in [5.74, 6) is 2.52. The molecule has 0 aliphatic heterocycles. The van der Waals surface area contributed by atoms with Crippen molar-refractivity contribution in [1.82, 2.24) is 10.3 Å². The van der Waals surface area contributed by atoms with Crippen LogP contribution in [0.5, 0.6) is 17.2 Å². The van der Waals surface area contributed by atoms with E-state index in [0.717, 1.165) is 18.5 Å². The van der Waals surface area contributed by atoms with E-state index in [2.05, 4.69) is 15.3 Å². The normalized spacial score (nSPS) is 11.1. The van der Waals surface area contributed by atoms with Gasteiger partial charge in [-0.15, -0.1) is 0 Å². The molecule has 0 bridgehead atoms. The van der Waals surface area contributed by atoms with Crippen LogP contribution >= 0.6 is 0 Å². The number of nitrogens with one attached hydrogen (secondary N) is 1. The number of rotatable bonds is 10. The monoisotopic (exact) mass is 358 g/mol. The lowest BCUT2D eigenvalue weighted by molar-refractivity contribution is 0.307. The molecule has 0 unspecified atom stereocenters. The van der Waals surface area contributed by atoms with Crippen LogP contribution in [0.2, 0.25) is 0 Å². The van der Waals surface area contributed by atoms with Gasteiger partial charge in [-0.1, -0.05) is 6.07 Å². The zero-order valence-corrected chi connectivity index (χ0v) is 15.3. The summed E-state index contributed by atoms with van der Waals surface area (Å²) in [6, 6.07) is 11.3.